The molecule has 2 aromatic rings. The van der Waals surface area contributed by atoms with Gasteiger partial charge in [0.1, 0.15) is 0 Å². The molecule has 3 rings (SSSR count). The first-order valence-electron chi connectivity index (χ1n) is 7.62. The summed E-state index contributed by atoms with van der Waals surface area (Å²) >= 11 is 0. The molecule has 1 aromatic carbocycles. The average Bonchev–Trinajstić information content (AvgIpc) is 3.00. The molecule has 0 saturated carbocycles. The maximum atomic E-state index is 12.5. The minimum Gasteiger partial charge on any atom is -0.493 e. The number of rotatable bonds is 5. The zero-order valence-corrected chi connectivity index (χ0v) is 14.5. The van der Waals surface area contributed by atoms with Gasteiger partial charge in [0, 0.05) is 42.5 Å². The van der Waals surface area contributed by atoms with Gasteiger partial charge in [-0.25, -0.2) is 0 Å². The maximum absolute atomic E-state index is 12.5. The Morgan fingerprint density at radius 1 is 1.38 bits per heavy atom. The van der Waals surface area contributed by atoms with Crippen LogP contribution in [-0.4, -0.2) is 36.4 Å². The minimum absolute atomic E-state index is 0. The Balaban J connectivity index is 0.00000208. The molecule has 24 heavy (non-hydrogen) atoms. The lowest BCUT2D eigenvalue weighted by molar-refractivity contribution is 0.102. The summed E-state index contributed by atoms with van der Waals surface area (Å²) in [5, 5.41) is 13.2. The van der Waals surface area contributed by atoms with E-state index in [1.807, 2.05) is 6.92 Å². The van der Waals surface area contributed by atoms with Gasteiger partial charge < -0.3 is 20.1 Å². The van der Waals surface area contributed by atoms with Crippen molar-refractivity contribution in [1.82, 2.24) is 15.5 Å². The highest BCUT2D eigenvalue weighted by atomic mass is 35.5. The molecule has 0 radical (unpaired) electrons. The lowest BCUT2D eigenvalue weighted by Gasteiger charge is -2.13. The van der Waals surface area contributed by atoms with Crippen molar-refractivity contribution in [1.29, 1.82) is 0 Å². The first-order chi connectivity index (χ1) is 11.2. The van der Waals surface area contributed by atoms with Gasteiger partial charge in [-0.1, -0.05) is 0 Å². The van der Waals surface area contributed by atoms with Gasteiger partial charge in [-0.2, -0.15) is 5.10 Å². The van der Waals surface area contributed by atoms with Gasteiger partial charge in [-0.3, -0.25) is 9.89 Å². The Labute approximate surface area is 146 Å². The Bertz CT molecular complexity index is 717. The molecule has 0 unspecified atom stereocenters. The van der Waals surface area contributed by atoms with Crippen LogP contribution in [0.4, 0.5) is 5.69 Å². The zero-order chi connectivity index (χ0) is 16.2. The molecule has 1 aliphatic rings. The van der Waals surface area contributed by atoms with Crippen molar-refractivity contribution in [2.24, 2.45) is 0 Å². The summed E-state index contributed by atoms with van der Waals surface area (Å²) in [4.78, 5) is 12.5. The molecule has 8 heteroatoms. The van der Waals surface area contributed by atoms with Crippen LogP contribution in [0, 0.1) is 0 Å². The van der Waals surface area contributed by atoms with Gasteiger partial charge >= 0.3 is 0 Å². The van der Waals surface area contributed by atoms with Gasteiger partial charge in [-0.05, 0) is 19.1 Å². The number of aromatic nitrogens is 2. The maximum Gasteiger partial charge on any atom is 0.276 e. The van der Waals surface area contributed by atoms with Crippen molar-refractivity contribution in [3.05, 3.63) is 35.2 Å². The van der Waals surface area contributed by atoms with E-state index in [-0.39, 0.29) is 18.3 Å². The van der Waals surface area contributed by atoms with E-state index in [9.17, 15) is 4.79 Å². The third-order valence-corrected chi connectivity index (χ3v) is 3.74. The largest absolute Gasteiger partial charge is 0.493 e. The minimum atomic E-state index is -0.239. The molecule has 0 bridgehead atoms. The fourth-order valence-electron chi connectivity index (χ4n) is 2.62. The van der Waals surface area contributed by atoms with E-state index in [1.165, 1.54) is 0 Å². The van der Waals surface area contributed by atoms with Crippen molar-refractivity contribution < 1.29 is 14.3 Å². The van der Waals surface area contributed by atoms with Crippen LogP contribution in [0.2, 0.25) is 0 Å². The number of benzene rings is 1. The number of nitrogens with zero attached hydrogens (tertiary/aromatic N) is 1. The molecule has 1 amide bonds. The van der Waals surface area contributed by atoms with E-state index >= 15 is 0 Å². The molecular weight excluding hydrogens is 332 g/mol. The number of carbonyl (C=O) groups is 1. The number of methoxy groups -OCH3 is 1. The number of hydrogen-bond acceptors (Lipinski definition) is 5. The van der Waals surface area contributed by atoms with Gasteiger partial charge in [0.15, 0.2) is 17.2 Å². The van der Waals surface area contributed by atoms with Gasteiger partial charge in [-0.15, -0.1) is 12.4 Å². The molecule has 0 spiro atoms. The average molecular weight is 353 g/mol. The fourth-order valence-corrected chi connectivity index (χ4v) is 2.62. The molecule has 7 nitrogen and oxygen atoms in total. The van der Waals surface area contributed by atoms with Crippen molar-refractivity contribution in [2.45, 2.75) is 19.9 Å². The van der Waals surface area contributed by atoms with Crippen molar-refractivity contribution in [3.63, 3.8) is 0 Å². The number of ether oxygens (including phenoxy) is 2. The molecule has 3 N–H and O–H groups in total. The van der Waals surface area contributed by atoms with Crippen LogP contribution in [0.15, 0.2) is 18.2 Å². The number of amides is 1. The number of carbonyl (C=O) groups excluding carboxylic acids is 1. The molecule has 1 aromatic heterocycles. The highest BCUT2D eigenvalue weighted by Crippen LogP contribution is 2.30. The molecule has 0 saturated heterocycles. The number of H-pyrrole nitrogens is 1. The second-order valence-corrected chi connectivity index (χ2v) is 5.21. The second-order valence-electron chi connectivity index (χ2n) is 5.21. The molecule has 0 fully saturated rings. The normalized spacial score (nSPS) is 12.8. The van der Waals surface area contributed by atoms with Crippen molar-refractivity contribution in [2.75, 3.05) is 25.6 Å². The second kappa shape index (κ2) is 8.03. The number of aromatic amines is 1. The highest BCUT2D eigenvalue weighted by Gasteiger charge is 2.21. The summed E-state index contributed by atoms with van der Waals surface area (Å²) in [6.45, 7) is 4.01. The van der Waals surface area contributed by atoms with Crippen molar-refractivity contribution >= 4 is 24.0 Å². The van der Waals surface area contributed by atoms with Crippen LogP contribution in [0.5, 0.6) is 11.5 Å². The first-order valence-corrected chi connectivity index (χ1v) is 7.62. The quantitative estimate of drug-likeness (QED) is 0.767. The zero-order valence-electron chi connectivity index (χ0n) is 13.6. The van der Waals surface area contributed by atoms with E-state index in [0.29, 0.717) is 36.0 Å². The summed E-state index contributed by atoms with van der Waals surface area (Å²) in [5.41, 5.74) is 3.03. The standard InChI is InChI=1S/C16H20N4O3.ClH/c1-3-23-13-5-4-10(8-14(13)22-2)18-16(21)15-11-9-17-7-6-12(11)19-20-15;/h4-5,8,17H,3,6-7,9H2,1-2H3,(H,18,21)(H,19,20);1H. The number of anilines is 1. The SMILES string of the molecule is CCOc1ccc(NC(=O)c2n[nH]c3c2CNCC3)cc1OC.Cl. The van der Waals surface area contributed by atoms with Gasteiger partial charge in [0.05, 0.1) is 13.7 Å². The monoisotopic (exact) mass is 352 g/mol. The third-order valence-electron chi connectivity index (χ3n) is 3.74. The Hall–Kier alpha value is -2.25. The van der Waals surface area contributed by atoms with Crippen LogP contribution < -0.4 is 20.1 Å². The van der Waals surface area contributed by atoms with E-state index in [4.69, 9.17) is 9.47 Å². The van der Waals surface area contributed by atoms with E-state index in [1.54, 1.807) is 25.3 Å². The lowest BCUT2D eigenvalue weighted by Crippen LogP contribution is -2.25. The molecular formula is C16H21ClN4O3. The van der Waals surface area contributed by atoms with E-state index in [2.05, 4.69) is 20.8 Å². The van der Waals surface area contributed by atoms with Crippen LogP contribution >= 0.6 is 12.4 Å². The lowest BCUT2D eigenvalue weighted by atomic mass is 10.1. The fraction of sp³-hybridized carbons (Fsp3) is 0.375. The van der Waals surface area contributed by atoms with Crippen LogP contribution in [0.25, 0.3) is 0 Å². The number of hydrogen-bond donors (Lipinski definition) is 3. The Morgan fingerprint density at radius 2 is 2.21 bits per heavy atom. The molecule has 130 valence electrons. The topological polar surface area (TPSA) is 88.3 Å². The predicted molar refractivity (Wildman–Crippen MR) is 93.4 cm³/mol. The first kappa shape index (κ1) is 18.1. The van der Waals surface area contributed by atoms with Crippen LogP contribution in [-0.2, 0) is 13.0 Å². The predicted octanol–water partition coefficient (Wildman–Crippen LogP) is 2.14. The Kier molecular flexibility index (Phi) is 6.05. The summed E-state index contributed by atoms with van der Waals surface area (Å²) in [7, 11) is 1.57. The van der Waals surface area contributed by atoms with Gasteiger partial charge in [0.25, 0.3) is 5.91 Å². The molecule has 0 aliphatic carbocycles. The van der Waals surface area contributed by atoms with E-state index < -0.39 is 0 Å². The smallest absolute Gasteiger partial charge is 0.276 e. The number of fused-ring (bicyclic) bond motifs is 1. The van der Waals surface area contributed by atoms with Crippen LogP contribution in [0.3, 0.4) is 0 Å². The summed E-state index contributed by atoms with van der Waals surface area (Å²) in [5.74, 6) is 0.988. The Morgan fingerprint density at radius 3 is 2.96 bits per heavy atom. The summed E-state index contributed by atoms with van der Waals surface area (Å²) in [6, 6.07) is 5.29. The summed E-state index contributed by atoms with van der Waals surface area (Å²) < 4.78 is 10.8. The third kappa shape index (κ3) is 3.63. The van der Waals surface area contributed by atoms with Crippen molar-refractivity contribution in [3.8, 4) is 11.5 Å². The molecule has 1 aliphatic heterocycles. The van der Waals surface area contributed by atoms with E-state index in [0.717, 1.165) is 24.2 Å². The number of halogens is 1. The molecule has 2 heterocycles. The highest BCUT2D eigenvalue weighted by molar-refractivity contribution is 6.04. The van der Waals surface area contributed by atoms with Gasteiger partial charge in [0.2, 0.25) is 0 Å². The number of nitrogens with one attached hydrogen (secondary N) is 3. The van der Waals surface area contributed by atoms with Crippen LogP contribution in [0.1, 0.15) is 28.7 Å². The summed E-state index contributed by atoms with van der Waals surface area (Å²) in [6.07, 6.45) is 0.854. The molecule has 0 atom stereocenters.